The van der Waals surface area contributed by atoms with Crippen LogP contribution >= 0.6 is 0 Å². The SMILES string of the molecule is CCN(CC)c1ccc(-c2nc(-n3cccn3)nc(-n3cccn3)n2)cc1. The topological polar surface area (TPSA) is 77.5 Å². The second-order valence-electron chi connectivity index (χ2n) is 5.88. The number of rotatable bonds is 6. The van der Waals surface area contributed by atoms with Crippen LogP contribution in [-0.2, 0) is 0 Å². The van der Waals surface area contributed by atoms with Crippen LogP contribution in [0.3, 0.4) is 0 Å². The minimum atomic E-state index is 0.448. The highest BCUT2D eigenvalue weighted by Gasteiger charge is 2.12. The predicted octanol–water partition coefficient (Wildman–Crippen LogP) is 2.76. The van der Waals surface area contributed by atoms with Gasteiger partial charge in [-0.25, -0.2) is 9.36 Å². The van der Waals surface area contributed by atoms with Gasteiger partial charge >= 0.3 is 0 Å². The molecule has 8 heteroatoms. The Kier molecular flexibility index (Phi) is 4.61. The van der Waals surface area contributed by atoms with Gasteiger partial charge in [-0.2, -0.15) is 25.1 Å². The molecular weight excluding hydrogens is 340 g/mol. The van der Waals surface area contributed by atoms with Crippen LogP contribution in [0.4, 0.5) is 5.69 Å². The molecule has 3 aromatic heterocycles. The fourth-order valence-corrected chi connectivity index (χ4v) is 2.87. The number of aromatic nitrogens is 7. The zero-order valence-electron chi connectivity index (χ0n) is 15.3. The van der Waals surface area contributed by atoms with Gasteiger partial charge in [-0.05, 0) is 50.2 Å². The standard InChI is InChI=1S/C19H20N8/c1-3-25(4-2)16-9-7-15(8-10-16)17-22-18(26-13-5-11-20-26)24-19(23-17)27-14-6-12-21-27/h5-14H,3-4H2,1-2H3. The minimum Gasteiger partial charge on any atom is -0.372 e. The van der Waals surface area contributed by atoms with Crippen LogP contribution in [0, 0.1) is 0 Å². The summed E-state index contributed by atoms with van der Waals surface area (Å²) in [6.07, 6.45) is 6.98. The van der Waals surface area contributed by atoms with Crippen molar-refractivity contribution in [1.82, 2.24) is 34.5 Å². The summed E-state index contributed by atoms with van der Waals surface area (Å²) in [6, 6.07) is 11.9. The van der Waals surface area contributed by atoms with E-state index in [1.807, 2.05) is 24.3 Å². The molecule has 0 fully saturated rings. The molecule has 4 rings (SSSR count). The molecule has 3 heterocycles. The summed E-state index contributed by atoms with van der Waals surface area (Å²) in [5.41, 5.74) is 2.09. The van der Waals surface area contributed by atoms with Gasteiger partial charge in [0.05, 0.1) is 0 Å². The first-order chi connectivity index (χ1) is 13.3. The van der Waals surface area contributed by atoms with Crippen LogP contribution in [0.15, 0.2) is 61.2 Å². The second-order valence-corrected chi connectivity index (χ2v) is 5.88. The monoisotopic (exact) mass is 360 g/mol. The van der Waals surface area contributed by atoms with E-state index in [-0.39, 0.29) is 0 Å². The molecule has 0 bridgehead atoms. The van der Waals surface area contributed by atoms with E-state index in [0.29, 0.717) is 17.7 Å². The third kappa shape index (κ3) is 3.41. The lowest BCUT2D eigenvalue weighted by molar-refractivity contribution is 0.747. The largest absolute Gasteiger partial charge is 0.372 e. The van der Waals surface area contributed by atoms with Gasteiger partial charge in [0.25, 0.3) is 11.9 Å². The van der Waals surface area contributed by atoms with E-state index in [9.17, 15) is 0 Å². The van der Waals surface area contributed by atoms with E-state index in [1.165, 1.54) is 5.69 Å². The number of anilines is 1. The summed E-state index contributed by atoms with van der Waals surface area (Å²) >= 11 is 0. The van der Waals surface area contributed by atoms with Gasteiger partial charge in [-0.15, -0.1) is 0 Å². The molecule has 27 heavy (non-hydrogen) atoms. The Balaban J connectivity index is 1.78. The number of benzene rings is 1. The van der Waals surface area contributed by atoms with Crippen molar-refractivity contribution < 1.29 is 0 Å². The van der Waals surface area contributed by atoms with E-state index in [2.05, 4.69) is 56.0 Å². The van der Waals surface area contributed by atoms with Crippen molar-refractivity contribution in [1.29, 1.82) is 0 Å². The second kappa shape index (κ2) is 7.36. The van der Waals surface area contributed by atoms with Gasteiger partial charge in [0, 0.05) is 49.1 Å². The first-order valence-corrected chi connectivity index (χ1v) is 8.90. The van der Waals surface area contributed by atoms with Crippen molar-refractivity contribution in [3.63, 3.8) is 0 Å². The van der Waals surface area contributed by atoms with Crippen molar-refractivity contribution in [3.8, 4) is 23.3 Å². The normalized spacial score (nSPS) is 10.9. The zero-order chi connectivity index (χ0) is 18.6. The Morgan fingerprint density at radius 3 is 1.78 bits per heavy atom. The van der Waals surface area contributed by atoms with Crippen molar-refractivity contribution in [2.24, 2.45) is 0 Å². The number of nitrogens with zero attached hydrogens (tertiary/aromatic N) is 8. The molecule has 0 saturated heterocycles. The third-order valence-corrected chi connectivity index (χ3v) is 4.28. The highest BCUT2D eigenvalue weighted by molar-refractivity contribution is 5.61. The number of hydrogen-bond donors (Lipinski definition) is 0. The average Bonchev–Trinajstić information content (AvgIpc) is 3.43. The maximum atomic E-state index is 4.59. The summed E-state index contributed by atoms with van der Waals surface area (Å²) in [7, 11) is 0. The quantitative estimate of drug-likeness (QED) is 0.526. The molecule has 0 amide bonds. The third-order valence-electron chi connectivity index (χ3n) is 4.28. The van der Waals surface area contributed by atoms with Gasteiger partial charge < -0.3 is 4.90 Å². The lowest BCUT2D eigenvalue weighted by Crippen LogP contribution is -2.21. The summed E-state index contributed by atoms with van der Waals surface area (Å²) in [4.78, 5) is 16.0. The van der Waals surface area contributed by atoms with Crippen molar-refractivity contribution in [2.75, 3.05) is 18.0 Å². The van der Waals surface area contributed by atoms with Gasteiger partial charge in [-0.1, -0.05) is 0 Å². The molecule has 136 valence electrons. The molecule has 0 aliphatic carbocycles. The van der Waals surface area contributed by atoms with Crippen LogP contribution in [0.1, 0.15) is 13.8 Å². The Hall–Kier alpha value is -3.55. The first-order valence-electron chi connectivity index (χ1n) is 8.90. The highest BCUT2D eigenvalue weighted by Crippen LogP contribution is 2.21. The van der Waals surface area contributed by atoms with Gasteiger partial charge in [-0.3, -0.25) is 0 Å². The molecule has 0 atom stereocenters. The molecule has 0 aliphatic heterocycles. The van der Waals surface area contributed by atoms with Crippen molar-refractivity contribution >= 4 is 5.69 Å². The Morgan fingerprint density at radius 2 is 1.33 bits per heavy atom. The minimum absolute atomic E-state index is 0.448. The summed E-state index contributed by atoms with van der Waals surface area (Å²) in [5, 5.41) is 8.46. The van der Waals surface area contributed by atoms with E-state index < -0.39 is 0 Å². The first kappa shape index (κ1) is 16.9. The number of hydrogen-bond acceptors (Lipinski definition) is 6. The molecule has 4 aromatic rings. The molecule has 0 N–H and O–H groups in total. The van der Waals surface area contributed by atoms with Crippen LogP contribution in [0.2, 0.25) is 0 Å². The smallest absolute Gasteiger partial charge is 0.255 e. The zero-order valence-corrected chi connectivity index (χ0v) is 15.3. The Bertz CT molecular complexity index is 934. The lowest BCUT2D eigenvalue weighted by Gasteiger charge is -2.21. The Morgan fingerprint density at radius 1 is 0.778 bits per heavy atom. The molecule has 0 spiro atoms. The Labute approximate surface area is 157 Å². The summed E-state index contributed by atoms with van der Waals surface area (Å²) < 4.78 is 3.23. The van der Waals surface area contributed by atoms with E-state index >= 15 is 0 Å². The molecule has 0 saturated carbocycles. The van der Waals surface area contributed by atoms with Gasteiger partial charge in [0.15, 0.2) is 5.82 Å². The van der Waals surface area contributed by atoms with Crippen LogP contribution in [0.25, 0.3) is 23.3 Å². The van der Waals surface area contributed by atoms with Gasteiger partial charge in [0.1, 0.15) is 0 Å². The molecule has 0 radical (unpaired) electrons. The fourth-order valence-electron chi connectivity index (χ4n) is 2.87. The molecule has 1 aromatic carbocycles. The molecule has 0 unspecified atom stereocenters. The maximum absolute atomic E-state index is 4.59. The molecule has 8 nitrogen and oxygen atoms in total. The van der Waals surface area contributed by atoms with Crippen LogP contribution in [0.5, 0.6) is 0 Å². The average molecular weight is 360 g/mol. The van der Waals surface area contributed by atoms with Gasteiger partial charge in [0.2, 0.25) is 0 Å². The van der Waals surface area contributed by atoms with Crippen LogP contribution < -0.4 is 4.90 Å². The molecular formula is C19H20N8. The summed E-state index contributed by atoms with van der Waals surface area (Å²) in [5.74, 6) is 1.47. The summed E-state index contributed by atoms with van der Waals surface area (Å²) in [6.45, 7) is 6.23. The van der Waals surface area contributed by atoms with E-state index in [1.54, 1.807) is 34.2 Å². The lowest BCUT2D eigenvalue weighted by atomic mass is 10.2. The van der Waals surface area contributed by atoms with Crippen LogP contribution in [-0.4, -0.2) is 47.6 Å². The van der Waals surface area contributed by atoms with Crippen molar-refractivity contribution in [2.45, 2.75) is 13.8 Å². The van der Waals surface area contributed by atoms with E-state index in [0.717, 1.165) is 18.7 Å². The highest BCUT2D eigenvalue weighted by atomic mass is 15.4. The fraction of sp³-hybridized carbons (Fsp3) is 0.211. The maximum Gasteiger partial charge on any atom is 0.255 e. The predicted molar refractivity (Wildman–Crippen MR) is 103 cm³/mol. The van der Waals surface area contributed by atoms with Crippen molar-refractivity contribution in [3.05, 3.63) is 61.2 Å². The van der Waals surface area contributed by atoms with E-state index in [4.69, 9.17) is 0 Å². The molecule has 0 aliphatic rings.